The van der Waals surface area contributed by atoms with E-state index in [2.05, 4.69) is 0 Å². The normalized spacial score (nSPS) is 12.3. The van der Waals surface area contributed by atoms with Crippen molar-refractivity contribution in [2.75, 3.05) is 0 Å². The lowest BCUT2D eigenvalue weighted by atomic mass is 10.1. The molecular weight excluding hydrogens is 317 g/mol. The highest BCUT2D eigenvalue weighted by Crippen LogP contribution is 2.15. The number of ether oxygens (including phenoxy) is 1. The van der Waals surface area contributed by atoms with Crippen molar-refractivity contribution in [2.24, 2.45) is 5.73 Å². The van der Waals surface area contributed by atoms with Gasteiger partial charge in [-0.15, -0.1) is 0 Å². The second-order valence-corrected chi connectivity index (χ2v) is 4.62. The molecule has 0 aliphatic carbocycles. The Morgan fingerprint density at radius 2 is 1.78 bits per heavy atom. The summed E-state index contributed by atoms with van der Waals surface area (Å²) in [6, 6.07) is 6.82. The molecule has 0 unspecified atom stereocenters. The number of esters is 1. The summed E-state index contributed by atoms with van der Waals surface area (Å²) in [5, 5.41) is 1.50. The molecule has 6 nitrogen and oxygen atoms in total. The second-order valence-electron chi connectivity index (χ2n) is 4.62. The lowest BCUT2D eigenvalue weighted by Crippen LogP contribution is -2.47. The fraction of sp³-hybridized carbons (Fsp3) is 0.357. The number of nitrogens with two attached hydrogens (primary N) is 1. The van der Waals surface area contributed by atoms with Crippen LogP contribution in [0.1, 0.15) is 18.4 Å². The van der Waals surface area contributed by atoms with Crippen molar-refractivity contribution in [3.8, 4) is 0 Å². The van der Waals surface area contributed by atoms with Gasteiger partial charge in [0.25, 0.3) is 0 Å². The van der Waals surface area contributed by atoms with Crippen molar-refractivity contribution in [3.63, 3.8) is 0 Å². The van der Waals surface area contributed by atoms with E-state index in [1.54, 1.807) is 30.3 Å². The number of primary amides is 1. The number of hydrogen-bond acceptors (Lipinski definition) is 4. The maximum Gasteiger partial charge on any atom is 0.471 e. The molecule has 1 aromatic rings. The molecule has 126 valence electrons. The first kappa shape index (κ1) is 18.5. The molecule has 0 aromatic heterocycles. The van der Waals surface area contributed by atoms with Crippen molar-refractivity contribution in [1.82, 2.24) is 5.32 Å². The van der Waals surface area contributed by atoms with Gasteiger partial charge in [0, 0.05) is 6.42 Å². The summed E-state index contributed by atoms with van der Waals surface area (Å²) in [5.74, 6) is -4.18. The van der Waals surface area contributed by atoms with E-state index in [9.17, 15) is 27.6 Å². The van der Waals surface area contributed by atoms with Gasteiger partial charge in [0.2, 0.25) is 5.91 Å². The van der Waals surface area contributed by atoms with E-state index in [4.69, 9.17) is 10.5 Å². The van der Waals surface area contributed by atoms with Crippen LogP contribution in [0.4, 0.5) is 13.2 Å². The summed E-state index contributed by atoms with van der Waals surface area (Å²) in [4.78, 5) is 33.5. The van der Waals surface area contributed by atoms with Crippen molar-refractivity contribution >= 4 is 17.8 Å². The predicted octanol–water partition coefficient (Wildman–Crippen LogP) is 1.04. The summed E-state index contributed by atoms with van der Waals surface area (Å²) in [6.07, 6.45) is -5.90. The molecule has 1 aromatic carbocycles. The Morgan fingerprint density at radius 3 is 2.30 bits per heavy atom. The van der Waals surface area contributed by atoms with Gasteiger partial charge in [-0.05, 0) is 12.0 Å². The smallest absolute Gasteiger partial charge is 0.459 e. The molecule has 0 spiro atoms. The van der Waals surface area contributed by atoms with Crippen LogP contribution in [0.3, 0.4) is 0 Å². The van der Waals surface area contributed by atoms with Gasteiger partial charge in [-0.2, -0.15) is 13.2 Å². The summed E-state index contributed by atoms with van der Waals surface area (Å²) in [7, 11) is 0. The molecule has 0 fully saturated rings. The standard InChI is InChI=1S/C14H15F3N2O4/c15-14(16,17)13(22)19-10(6-7-11(18)20)12(21)23-8-9-4-2-1-3-5-9/h1-5,10H,6-8H2,(H2,18,20)(H,19,22)/t10-/m0/s1. The van der Waals surface area contributed by atoms with Gasteiger partial charge >= 0.3 is 18.1 Å². The van der Waals surface area contributed by atoms with E-state index < -0.39 is 30.0 Å². The minimum atomic E-state index is -5.15. The van der Waals surface area contributed by atoms with Gasteiger partial charge in [-0.1, -0.05) is 30.3 Å². The Hall–Kier alpha value is -2.58. The molecule has 3 N–H and O–H groups in total. The van der Waals surface area contributed by atoms with Crippen molar-refractivity contribution in [3.05, 3.63) is 35.9 Å². The van der Waals surface area contributed by atoms with Gasteiger partial charge in [-0.3, -0.25) is 9.59 Å². The average molecular weight is 332 g/mol. The third kappa shape index (κ3) is 6.81. The summed E-state index contributed by atoms with van der Waals surface area (Å²) >= 11 is 0. The molecule has 1 rings (SSSR count). The van der Waals surface area contributed by atoms with E-state index in [1.807, 2.05) is 0 Å². The fourth-order valence-electron chi connectivity index (χ4n) is 1.60. The van der Waals surface area contributed by atoms with E-state index in [1.165, 1.54) is 5.32 Å². The molecule has 9 heteroatoms. The molecule has 1 atom stereocenters. The highest BCUT2D eigenvalue weighted by atomic mass is 19.4. The minimum absolute atomic E-state index is 0.172. The summed E-state index contributed by atoms with van der Waals surface area (Å²) in [5.41, 5.74) is 5.52. The summed E-state index contributed by atoms with van der Waals surface area (Å²) < 4.78 is 41.7. The van der Waals surface area contributed by atoms with E-state index in [-0.39, 0.29) is 19.4 Å². The molecule has 0 heterocycles. The topological polar surface area (TPSA) is 98.5 Å². The Kier molecular flexibility index (Phi) is 6.55. The molecule has 0 saturated heterocycles. The third-order valence-electron chi connectivity index (χ3n) is 2.75. The number of carbonyl (C=O) groups is 3. The number of amides is 2. The Morgan fingerprint density at radius 1 is 1.17 bits per heavy atom. The lowest BCUT2D eigenvalue weighted by Gasteiger charge is -2.18. The van der Waals surface area contributed by atoms with Crippen molar-refractivity contribution in [2.45, 2.75) is 31.7 Å². The van der Waals surface area contributed by atoms with Gasteiger partial charge in [0.15, 0.2) is 0 Å². The van der Waals surface area contributed by atoms with Crippen molar-refractivity contribution < 1.29 is 32.3 Å². The first-order valence-electron chi connectivity index (χ1n) is 6.56. The number of halogens is 3. The lowest BCUT2D eigenvalue weighted by molar-refractivity contribution is -0.176. The van der Waals surface area contributed by atoms with Crippen LogP contribution in [0.15, 0.2) is 30.3 Å². The molecule has 0 aliphatic heterocycles. The predicted molar refractivity (Wildman–Crippen MR) is 72.7 cm³/mol. The Bertz CT molecular complexity index is 561. The zero-order chi connectivity index (χ0) is 17.5. The summed E-state index contributed by atoms with van der Waals surface area (Å²) in [6.45, 7) is -0.172. The van der Waals surface area contributed by atoms with Crippen molar-refractivity contribution in [1.29, 1.82) is 0 Å². The highest BCUT2D eigenvalue weighted by molar-refractivity contribution is 5.88. The van der Waals surface area contributed by atoms with Gasteiger partial charge in [-0.25, -0.2) is 4.79 Å². The van der Waals surface area contributed by atoms with E-state index in [0.717, 1.165) is 0 Å². The maximum atomic E-state index is 12.3. The minimum Gasteiger partial charge on any atom is -0.459 e. The van der Waals surface area contributed by atoms with Gasteiger partial charge in [0.05, 0.1) is 0 Å². The average Bonchev–Trinajstić information content (AvgIpc) is 2.48. The van der Waals surface area contributed by atoms with Crippen LogP contribution in [0.5, 0.6) is 0 Å². The van der Waals surface area contributed by atoms with Crippen LogP contribution in [0.2, 0.25) is 0 Å². The first-order valence-corrected chi connectivity index (χ1v) is 6.56. The Labute approximate surface area is 129 Å². The number of benzene rings is 1. The van der Waals surface area contributed by atoms with Crippen LogP contribution in [-0.4, -0.2) is 30.0 Å². The molecule has 0 bridgehead atoms. The van der Waals surface area contributed by atoms with Crippen LogP contribution >= 0.6 is 0 Å². The van der Waals surface area contributed by atoms with Crippen LogP contribution < -0.4 is 11.1 Å². The Balaban J connectivity index is 2.67. The monoisotopic (exact) mass is 332 g/mol. The maximum absolute atomic E-state index is 12.3. The molecular formula is C14H15F3N2O4. The largest absolute Gasteiger partial charge is 0.471 e. The zero-order valence-electron chi connectivity index (χ0n) is 11.9. The fourth-order valence-corrected chi connectivity index (χ4v) is 1.60. The number of nitrogens with one attached hydrogen (secondary N) is 1. The second kappa shape index (κ2) is 8.16. The number of hydrogen-bond donors (Lipinski definition) is 2. The quantitative estimate of drug-likeness (QED) is 0.729. The molecule has 0 saturated carbocycles. The number of alkyl halides is 3. The zero-order valence-corrected chi connectivity index (χ0v) is 11.9. The molecule has 0 aliphatic rings. The molecule has 23 heavy (non-hydrogen) atoms. The van der Waals surface area contributed by atoms with Crippen LogP contribution in [0.25, 0.3) is 0 Å². The highest BCUT2D eigenvalue weighted by Gasteiger charge is 2.41. The van der Waals surface area contributed by atoms with Gasteiger partial charge in [0.1, 0.15) is 12.6 Å². The van der Waals surface area contributed by atoms with Crippen LogP contribution in [-0.2, 0) is 25.7 Å². The third-order valence-corrected chi connectivity index (χ3v) is 2.75. The van der Waals surface area contributed by atoms with Gasteiger partial charge < -0.3 is 15.8 Å². The van der Waals surface area contributed by atoms with E-state index >= 15 is 0 Å². The molecule has 2 amide bonds. The SMILES string of the molecule is NC(=O)CC[C@H](NC(=O)C(F)(F)F)C(=O)OCc1ccccc1. The number of rotatable bonds is 7. The number of carbonyl (C=O) groups excluding carboxylic acids is 3. The molecule has 0 radical (unpaired) electrons. The van der Waals surface area contributed by atoms with E-state index in [0.29, 0.717) is 5.56 Å². The first-order chi connectivity index (χ1) is 10.7. The van der Waals surface area contributed by atoms with Crippen LogP contribution in [0, 0.1) is 0 Å².